The quantitative estimate of drug-likeness (QED) is 0.925. The number of nitrogens with zero attached hydrogens (tertiary/aromatic N) is 2. The van der Waals surface area contributed by atoms with Crippen LogP contribution in [0.15, 0.2) is 24.3 Å². The minimum atomic E-state index is -0.933. The van der Waals surface area contributed by atoms with Gasteiger partial charge in [0.25, 0.3) is 0 Å². The Balaban J connectivity index is 1.81. The maximum Gasteiger partial charge on any atom is 0.326 e. The predicted molar refractivity (Wildman–Crippen MR) is 77.9 cm³/mol. The van der Waals surface area contributed by atoms with Crippen molar-refractivity contribution < 1.29 is 14.7 Å². The van der Waals surface area contributed by atoms with E-state index in [0.29, 0.717) is 18.9 Å². The Morgan fingerprint density at radius 2 is 1.95 bits per heavy atom. The van der Waals surface area contributed by atoms with Crippen molar-refractivity contribution in [3.63, 3.8) is 0 Å². The van der Waals surface area contributed by atoms with Crippen LogP contribution in [0.4, 0.5) is 4.79 Å². The van der Waals surface area contributed by atoms with Crippen LogP contribution in [-0.2, 0) is 17.8 Å². The van der Waals surface area contributed by atoms with E-state index < -0.39 is 12.0 Å². The molecule has 5 nitrogen and oxygen atoms in total. The minimum Gasteiger partial charge on any atom is -0.480 e. The third-order valence-electron chi connectivity index (χ3n) is 4.33. The third kappa shape index (κ3) is 2.86. The first-order chi connectivity index (χ1) is 10.1. The average molecular weight is 288 g/mol. The van der Waals surface area contributed by atoms with Gasteiger partial charge in [0.2, 0.25) is 0 Å². The highest BCUT2D eigenvalue weighted by molar-refractivity contribution is 5.83. The van der Waals surface area contributed by atoms with Crippen molar-refractivity contribution in [3.8, 4) is 0 Å². The van der Waals surface area contributed by atoms with Gasteiger partial charge in [0.15, 0.2) is 0 Å². The molecule has 5 heteroatoms. The number of aliphatic carboxylic acids is 1. The van der Waals surface area contributed by atoms with Crippen molar-refractivity contribution in [1.29, 1.82) is 0 Å². The Kier molecular flexibility index (Phi) is 3.57. The van der Waals surface area contributed by atoms with E-state index >= 15 is 0 Å². The Bertz CT molecular complexity index is 568. The molecule has 0 aromatic heterocycles. The lowest BCUT2D eigenvalue weighted by Gasteiger charge is -2.36. The van der Waals surface area contributed by atoms with Crippen LogP contribution in [0.3, 0.4) is 0 Å². The maximum atomic E-state index is 12.6. The van der Waals surface area contributed by atoms with Crippen molar-refractivity contribution in [2.45, 2.75) is 31.8 Å². The van der Waals surface area contributed by atoms with E-state index in [9.17, 15) is 14.7 Å². The number of fused-ring (bicyclic) bond motifs is 1. The second-order valence-electron chi connectivity index (χ2n) is 6.06. The molecule has 1 heterocycles. The molecule has 0 spiro atoms. The number of benzene rings is 1. The second-order valence-corrected chi connectivity index (χ2v) is 6.06. The number of hydrogen-bond donors (Lipinski definition) is 1. The second kappa shape index (κ2) is 5.39. The van der Waals surface area contributed by atoms with Gasteiger partial charge < -0.3 is 14.9 Å². The summed E-state index contributed by atoms with van der Waals surface area (Å²) in [5, 5.41) is 9.45. The molecule has 1 saturated carbocycles. The van der Waals surface area contributed by atoms with E-state index in [4.69, 9.17) is 0 Å². The largest absolute Gasteiger partial charge is 0.480 e. The Labute approximate surface area is 124 Å². The molecule has 0 saturated heterocycles. The number of hydrogen-bond acceptors (Lipinski definition) is 2. The minimum absolute atomic E-state index is 0.177. The smallest absolute Gasteiger partial charge is 0.326 e. The zero-order chi connectivity index (χ0) is 15.0. The van der Waals surface area contributed by atoms with Gasteiger partial charge in [-0.2, -0.15) is 0 Å². The van der Waals surface area contributed by atoms with Gasteiger partial charge in [-0.15, -0.1) is 0 Å². The van der Waals surface area contributed by atoms with Crippen molar-refractivity contribution in [1.82, 2.24) is 9.80 Å². The molecule has 21 heavy (non-hydrogen) atoms. The maximum absolute atomic E-state index is 12.6. The molecule has 2 amide bonds. The van der Waals surface area contributed by atoms with Gasteiger partial charge in [-0.3, -0.25) is 0 Å². The van der Waals surface area contributed by atoms with Crippen LogP contribution < -0.4 is 0 Å². The summed E-state index contributed by atoms with van der Waals surface area (Å²) >= 11 is 0. The molecule has 1 aromatic rings. The highest BCUT2D eigenvalue weighted by Crippen LogP contribution is 2.30. The Morgan fingerprint density at radius 1 is 1.29 bits per heavy atom. The molecule has 1 aromatic carbocycles. The first-order valence-electron chi connectivity index (χ1n) is 7.37. The molecule has 0 bridgehead atoms. The van der Waals surface area contributed by atoms with Gasteiger partial charge in [-0.05, 0) is 29.9 Å². The van der Waals surface area contributed by atoms with E-state index in [1.807, 2.05) is 24.3 Å². The standard InChI is InChI=1S/C16H20N2O3/c1-17(9-11-6-7-11)16(21)18-10-13-5-3-2-4-12(13)8-14(18)15(19)20/h2-5,11,14H,6-10H2,1H3,(H,19,20)/t14-/m0/s1. The van der Waals surface area contributed by atoms with Crippen molar-refractivity contribution in [3.05, 3.63) is 35.4 Å². The van der Waals surface area contributed by atoms with E-state index in [1.54, 1.807) is 11.9 Å². The molecular formula is C16H20N2O3. The normalized spacial score (nSPS) is 20.8. The fraction of sp³-hybridized carbons (Fsp3) is 0.500. The fourth-order valence-electron chi connectivity index (χ4n) is 2.93. The summed E-state index contributed by atoms with van der Waals surface area (Å²) in [7, 11) is 1.76. The van der Waals surface area contributed by atoms with Crippen LogP contribution in [0.2, 0.25) is 0 Å². The first-order valence-corrected chi connectivity index (χ1v) is 7.37. The molecule has 1 atom stereocenters. The lowest BCUT2D eigenvalue weighted by molar-refractivity contribution is -0.142. The molecule has 2 aliphatic rings. The number of urea groups is 1. The topological polar surface area (TPSA) is 60.9 Å². The zero-order valence-electron chi connectivity index (χ0n) is 12.2. The Morgan fingerprint density at radius 3 is 2.57 bits per heavy atom. The van der Waals surface area contributed by atoms with Crippen molar-refractivity contribution in [2.24, 2.45) is 5.92 Å². The average Bonchev–Trinajstić information content (AvgIpc) is 3.28. The number of carbonyl (C=O) groups is 2. The van der Waals surface area contributed by atoms with Crippen LogP contribution in [0.5, 0.6) is 0 Å². The fourth-order valence-corrected chi connectivity index (χ4v) is 2.93. The molecule has 0 radical (unpaired) electrons. The monoisotopic (exact) mass is 288 g/mol. The molecule has 1 N–H and O–H groups in total. The number of rotatable bonds is 3. The molecular weight excluding hydrogens is 268 g/mol. The number of carboxylic acids is 1. The van der Waals surface area contributed by atoms with E-state index in [0.717, 1.165) is 17.7 Å². The van der Waals surface area contributed by atoms with E-state index in [1.165, 1.54) is 17.7 Å². The van der Waals surface area contributed by atoms with Gasteiger partial charge in [0.05, 0.1) is 0 Å². The van der Waals surface area contributed by atoms with Gasteiger partial charge >= 0.3 is 12.0 Å². The number of carbonyl (C=O) groups excluding carboxylic acids is 1. The number of carboxylic acid groups (broad SMARTS) is 1. The van der Waals surface area contributed by atoms with Gasteiger partial charge in [-0.1, -0.05) is 24.3 Å². The lowest BCUT2D eigenvalue weighted by atomic mass is 9.94. The molecule has 112 valence electrons. The van der Waals surface area contributed by atoms with Crippen LogP contribution in [0, 0.1) is 5.92 Å². The SMILES string of the molecule is CN(CC1CC1)C(=O)N1Cc2ccccc2C[C@H]1C(=O)O. The summed E-state index contributed by atoms with van der Waals surface area (Å²) < 4.78 is 0. The van der Waals surface area contributed by atoms with Crippen LogP contribution >= 0.6 is 0 Å². The summed E-state index contributed by atoms with van der Waals surface area (Å²) in [4.78, 5) is 27.3. The van der Waals surface area contributed by atoms with Gasteiger partial charge in [0, 0.05) is 26.6 Å². The van der Waals surface area contributed by atoms with Crippen LogP contribution in [0.1, 0.15) is 24.0 Å². The van der Waals surface area contributed by atoms with E-state index in [2.05, 4.69) is 0 Å². The van der Waals surface area contributed by atoms with E-state index in [-0.39, 0.29) is 6.03 Å². The summed E-state index contributed by atoms with van der Waals surface area (Å²) in [5.74, 6) is -0.336. The first kappa shape index (κ1) is 13.9. The van der Waals surface area contributed by atoms with Crippen LogP contribution in [0.25, 0.3) is 0 Å². The van der Waals surface area contributed by atoms with Gasteiger partial charge in [-0.25, -0.2) is 9.59 Å². The molecule has 1 aliphatic heterocycles. The summed E-state index contributed by atoms with van der Waals surface area (Å²) in [6, 6.07) is 6.80. The highest BCUT2D eigenvalue weighted by atomic mass is 16.4. The van der Waals surface area contributed by atoms with Crippen molar-refractivity contribution >= 4 is 12.0 Å². The molecule has 3 rings (SSSR count). The Hall–Kier alpha value is -2.04. The lowest BCUT2D eigenvalue weighted by Crippen LogP contribution is -2.52. The number of amides is 2. The predicted octanol–water partition coefficient (Wildman–Crippen LogP) is 1.96. The molecule has 1 aliphatic carbocycles. The van der Waals surface area contributed by atoms with Crippen molar-refractivity contribution in [2.75, 3.05) is 13.6 Å². The highest BCUT2D eigenvalue weighted by Gasteiger charge is 2.36. The summed E-state index contributed by atoms with van der Waals surface area (Å²) in [5.41, 5.74) is 2.07. The summed E-state index contributed by atoms with van der Waals surface area (Å²) in [6.07, 6.45) is 2.72. The molecule has 0 unspecified atom stereocenters. The third-order valence-corrected chi connectivity index (χ3v) is 4.33. The zero-order valence-corrected chi connectivity index (χ0v) is 12.2. The van der Waals surface area contributed by atoms with Gasteiger partial charge in [0.1, 0.15) is 6.04 Å². The molecule has 1 fully saturated rings. The summed E-state index contributed by atoms with van der Waals surface area (Å²) in [6.45, 7) is 1.10. The van der Waals surface area contributed by atoms with Crippen LogP contribution in [-0.4, -0.2) is 46.5 Å².